The molecular weight excluding hydrogens is 206 g/mol. The van der Waals surface area contributed by atoms with Gasteiger partial charge in [0.25, 0.3) is 5.91 Å². The van der Waals surface area contributed by atoms with Crippen LogP contribution in [0.15, 0.2) is 23.3 Å². The van der Waals surface area contributed by atoms with E-state index in [1.165, 1.54) is 12.2 Å². The Kier molecular flexibility index (Phi) is 7.50. The van der Waals surface area contributed by atoms with E-state index in [2.05, 4.69) is 0 Å². The number of nitrogens with zero attached hydrogens (tertiary/aromatic N) is 1. The van der Waals surface area contributed by atoms with Crippen LogP contribution in [0.3, 0.4) is 0 Å². The summed E-state index contributed by atoms with van der Waals surface area (Å²) in [6, 6.07) is 0. The minimum Gasteiger partial charge on any atom is -0.392 e. The van der Waals surface area contributed by atoms with E-state index in [0.29, 0.717) is 5.57 Å². The number of amides is 1. The van der Waals surface area contributed by atoms with Crippen molar-refractivity contribution in [2.45, 2.75) is 26.7 Å². The highest BCUT2D eigenvalue weighted by molar-refractivity contribution is 5.91. The molecule has 92 valence electrons. The molecule has 0 aromatic carbocycles. The number of carbonyl (C=O) groups is 1. The van der Waals surface area contributed by atoms with Crippen LogP contribution in [0.2, 0.25) is 0 Å². The molecule has 0 saturated heterocycles. The molecule has 0 aliphatic carbocycles. The Hall–Kier alpha value is -1.13. The van der Waals surface area contributed by atoms with Gasteiger partial charge in [-0.25, -0.2) is 5.06 Å². The molecular formula is C12H21NO3. The molecule has 0 spiro atoms. The average Bonchev–Trinajstić information content (AvgIpc) is 2.27. The van der Waals surface area contributed by atoms with Gasteiger partial charge in [-0.05, 0) is 26.7 Å². The molecule has 0 unspecified atom stereocenters. The fourth-order valence-electron chi connectivity index (χ4n) is 1.19. The molecule has 0 bridgehead atoms. The fourth-order valence-corrected chi connectivity index (χ4v) is 1.19. The van der Waals surface area contributed by atoms with E-state index in [4.69, 9.17) is 9.94 Å². The molecule has 16 heavy (non-hydrogen) atoms. The molecule has 0 aromatic heterocycles. The van der Waals surface area contributed by atoms with E-state index in [0.717, 1.165) is 18.4 Å². The number of rotatable bonds is 6. The molecule has 1 N–H and O–H groups in total. The maximum Gasteiger partial charge on any atom is 0.272 e. The average molecular weight is 227 g/mol. The first-order chi connectivity index (χ1) is 7.52. The minimum absolute atomic E-state index is 0.0693. The van der Waals surface area contributed by atoms with Crippen LogP contribution in [0, 0.1) is 0 Å². The van der Waals surface area contributed by atoms with E-state index < -0.39 is 0 Å². The van der Waals surface area contributed by atoms with Gasteiger partial charge in [-0.3, -0.25) is 9.63 Å². The SMILES string of the molecule is CON(C)C(=O)/C(C)=C\CC/C(C)=C/CO. The van der Waals surface area contributed by atoms with E-state index >= 15 is 0 Å². The quantitative estimate of drug-likeness (QED) is 0.426. The van der Waals surface area contributed by atoms with Crippen molar-refractivity contribution in [3.63, 3.8) is 0 Å². The lowest BCUT2D eigenvalue weighted by Crippen LogP contribution is -2.25. The monoisotopic (exact) mass is 227 g/mol. The highest BCUT2D eigenvalue weighted by Gasteiger charge is 2.08. The number of allylic oxidation sites excluding steroid dienone is 2. The van der Waals surface area contributed by atoms with Crippen LogP contribution >= 0.6 is 0 Å². The van der Waals surface area contributed by atoms with Gasteiger partial charge in [-0.15, -0.1) is 0 Å². The maximum atomic E-state index is 11.6. The van der Waals surface area contributed by atoms with Crippen molar-refractivity contribution in [1.29, 1.82) is 0 Å². The fraction of sp³-hybridized carbons (Fsp3) is 0.583. The summed E-state index contributed by atoms with van der Waals surface area (Å²) in [6.45, 7) is 3.80. The van der Waals surface area contributed by atoms with Gasteiger partial charge >= 0.3 is 0 Å². The zero-order valence-electron chi connectivity index (χ0n) is 10.5. The van der Waals surface area contributed by atoms with Gasteiger partial charge in [0, 0.05) is 12.6 Å². The molecule has 0 heterocycles. The normalized spacial score (nSPS) is 12.8. The van der Waals surface area contributed by atoms with E-state index in [1.54, 1.807) is 20.0 Å². The van der Waals surface area contributed by atoms with Crippen molar-refractivity contribution in [2.24, 2.45) is 0 Å². The summed E-state index contributed by atoms with van der Waals surface area (Å²) in [6.07, 6.45) is 5.29. The highest BCUT2D eigenvalue weighted by atomic mass is 16.7. The van der Waals surface area contributed by atoms with E-state index in [1.807, 2.05) is 13.0 Å². The zero-order valence-corrected chi connectivity index (χ0v) is 10.5. The molecule has 1 amide bonds. The Morgan fingerprint density at radius 2 is 2.00 bits per heavy atom. The lowest BCUT2D eigenvalue weighted by Gasteiger charge is -2.13. The molecule has 0 rings (SSSR count). The Morgan fingerprint density at radius 1 is 1.38 bits per heavy atom. The summed E-state index contributed by atoms with van der Waals surface area (Å²) in [5.41, 5.74) is 1.79. The smallest absolute Gasteiger partial charge is 0.272 e. The number of aliphatic hydroxyl groups is 1. The summed E-state index contributed by atoms with van der Waals surface area (Å²) in [4.78, 5) is 16.4. The van der Waals surface area contributed by atoms with E-state index in [-0.39, 0.29) is 12.5 Å². The second kappa shape index (κ2) is 8.07. The number of likely N-dealkylation sites (N-methyl/N-ethyl adjacent to an activating group) is 1. The molecule has 0 aliphatic rings. The van der Waals surface area contributed by atoms with Gasteiger partial charge in [0.2, 0.25) is 0 Å². The van der Waals surface area contributed by atoms with Crippen LogP contribution in [0.5, 0.6) is 0 Å². The highest BCUT2D eigenvalue weighted by Crippen LogP contribution is 2.07. The molecule has 4 nitrogen and oxygen atoms in total. The van der Waals surface area contributed by atoms with Crippen molar-refractivity contribution in [1.82, 2.24) is 5.06 Å². The Bertz CT molecular complexity index is 282. The van der Waals surface area contributed by atoms with Crippen LogP contribution in [-0.2, 0) is 9.63 Å². The van der Waals surface area contributed by atoms with E-state index in [9.17, 15) is 4.79 Å². The summed E-state index contributed by atoms with van der Waals surface area (Å²) in [5.74, 6) is -0.133. The van der Waals surface area contributed by atoms with Gasteiger partial charge in [-0.2, -0.15) is 0 Å². The predicted molar refractivity (Wildman–Crippen MR) is 63.6 cm³/mol. The van der Waals surface area contributed by atoms with Crippen LogP contribution in [0.1, 0.15) is 26.7 Å². The predicted octanol–water partition coefficient (Wildman–Crippen LogP) is 1.67. The molecule has 4 heteroatoms. The number of hydrogen-bond acceptors (Lipinski definition) is 3. The van der Waals surface area contributed by atoms with Gasteiger partial charge in [0.05, 0.1) is 13.7 Å². The van der Waals surface area contributed by atoms with Crippen molar-refractivity contribution in [2.75, 3.05) is 20.8 Å². The zero-order chi connectivity index (χ0) is 12.6. The molecule has 0 fully saturated rings. The van der Waals surface area contributed by atoms with Crippen molar-refractivity contribution in [3.05, 3.63) is 23.3 Å². The molecule has 0 aromatic rings. The number of carbonyl (C=O) groups excluding carboxylic acids is 1. The standard InChI is InChI=1S/C12H21NO3/c1-10(8-9-14)6-5-7-11(2)12(15)13(3)16-4/h7-8,14H,5-6,9H2,1-4H3/b10-8+,11-7-. The van der Waals surface area contributed by atoms with Crippen molar-refractivity contribution >= 4 is 5.91 Å². The first kappa shape index (κ1) is 14.9. The van der Waals surface area contributed by atoms with Crippen LogP contribution in [0.4, 0.5) is 0 Å². The van der Waals surface area contributed by atoms with Gasteiger partial charge in [-0.1, -0.05) is 17.7 Å². The minimum atomic E-state index is -0.133. The largest absolute Gasteiger partial charge is 0.392 e. The lowest BCUT2D eigenvalue weighted by atomic mass is 10.1. The second-order valence-electron chi connectivity index (χ2n) is 3.64. The summed E-state index contributed by atoms with van der Waals surface area (Å²) in [5, 5.41) is 9.87. The van der Waals surface area contributed by atoms with Gasteiger partial charge in [0.15, 0.2) is 0 Å². The Labute approximate surface area is 97.2 Å². The van der Waals surface area contributed by atoms with Crippen molar-refractivity contribution in [3.8, 4) is 0 Å². The molecule has 0 atom stereocenters. The van der Waals surface area contributed by atoms with Crippen LogP contribution < -0.4 is 0 Å². The first-order valence-corrected chi connectivity index (χ1v) is 5.28. The molecule has 0 radical (unpaired) electrons. The first-order valence-electron chi connectivity index (χ1n) is 5.28. The van der Waals surface area contributed by atoms with Gasteiger partial charge < -0.3 is 5.11 Å². The summed E-state index contributed by atoms with van der Waals surface area (Å²) in [7, 11) is 3.04. The van der Waals surface area contributed by atoms with Crippen molar-refractivity contribution < 1.29 is 14.7 Å². The Morgan fingerprint density at radius 3 is 2.50 bits per heavy atom. The third kappa shape index (κ3) is 5.68. The maximum absolute atomic E-state index is 11.6. The summed E-state index contributed by atoms with van der Waals surface area (Å²) >= 11 is 0. The summed E-state index contributed by atoms with van der Waals surface area (Å²) < 4.78 is 0. The topological polar surface area (TPSA) is 49.8 Å². The van der Waals surface area contributed by atoms with Crippen LogP contribution in [-0.4, -0.2) is 36.8 Å². The number of hydrogen-bond donors (Lipinski definition) is 1. The third-order valence-corrected chi connectivity index (χ3v) is 2.33. The second-order valence-corrected chi connectivity index (χ2v) is 3.64. The molecule has 0 aliphatic heterocycles. The number of hydroxylamine groups is 2. The Balaban J connectivity index is 4.15. The van der Waals surface area contributed by atoms with Crippen LogP contribution in [0.25, 0.3) is 0 Å². The third-order valence-electron chi connectivity index (χ3n) is 2.33. The van der Waals surface area contributed by atoms with Gasteiger partial charge in [0.1, 0.15) is 0 Å². The molecule has 0 saturated carbocycles. The number of aliphatic hydroxyl groups excluding tert-OH is 1. The lowest BCUT2D eigenvalue weighted by molar-refractivity contribution is -0.163.